The largest absolute Gasteiger partial charge is 0.355 e. The van der Waals surface area contributed by atoms with Crippen LogP contribution in [0.4, 0.5) is 5.82 Å². The highest BCUT2D eigenvalue weighted by Crippen LogP contribution is 2.41. The number of hydrogen-bond donors (Lipinski definition) is 0. The average molecular weight is 348 g/mol. The van der Waals surface area contributed by atoms with Crippen molar-refractivity contribution in [3.63, 3.8) is 0 Å². The van der Waals surface area contributed by atoms with Gasteiger partial charge in [0.1, 0.15) is 12.1 Å². The molecule has 0 spiro atoms. The summed E-state index contributed by atoms with van der Waals surface area (Å²) in [5, 5.41) is 0. The van der Waals surface area contributed by atoms with Crippen LogP contribution in [0.5, 0.6) is 0 Å². The van der Waals surface area contributed by atoms with E-state index in [4.69, 9.17) is 0 Å². The lowest BCUT2D eigenvalue weighted by Crippen LogP contribution is -2.35. The van der Waals surface area contributed by atoms with Crippen molar-refractivity contribution in [2.24, 2.45) is 11.8 Å². The molecule has 2 aliphatic heterocycles. The summed E-state index contributed by atoms with van der Waals surface area (Å²) in [5.74, 6) is 0.775. The first-order valence-electron chi connectivity index (χ1n) is 9.17. The highest BCUT2D eigenvalue weighted by molar-refractivity contribution is 6.06. The third kappa shape index (κ3) is 2.57. The lowest BCUT2D eigenvalue weighted by atomic mass is 10.00. The molecule has 2 aromatic rings. The van der Waals surface area contributed by atoms with E-state index in [2.05, 4.69) is 14.9 Å². The van der Waals surface area contributed by atoms with Gasteiger partial charge >= 0.3 is 0 Å². The summed E-state index contributed by atoms with van der Waals surface area (Å²) in [6.07, 6.45) is 3.97. The molecule has 1 aromatic heterocycles. The predicted octanol–water partition coefficient (Wildman–Crippen LogP) is 1.98. The van der Waals surface area contributed by atoms with Crippen molar-refractivity contribution < 1.29 is 9.59 Å². The van der Waals surface area contributed by atoms with E-state index in [0.717, 1.165) is 17.1 Å². The highest BCUT2D eigenvalue weighted by Gasteiger charge is 2.52. The number of amides is 2. The number of rotatable bonds is 4. The molecule has 2 atom stereocenters. The fraction of sp³-hybridized carbons (Fsp3) is 0.400. The first-order valence-corrected chi connectivity index (χ1v) is 9.17. The van der Waals surface area contributed by atoms with Gasteiger partial charge in [0, 0.05) is 30.8 Å². The summed E-state index contributed by atoms with van der Waals surface area (Å²) in [7, 11) is 0. The van der Waals surface area contributed by atoms with Crippen molar-refractivity contribution in [2.75, 3.05) is 18.0 Å². The van der Waals surface area contributed by atoms with Gasteiger partial charge in [-0.05, 0) is 18.4 Å². The van der Waals surface area contributed by atoms with Crippen LogP contribution >= 0.6 is 0 Å². The van der Waals surface area contributed by atoms with E-state index >= 15 is 0 Å². The second-order valence-electron chi connectivity index (χ2n) is 7.44. The summed E-state index contributed by atoms with van der Waals surface area (Å²) in [4.78, 5) is 37.8. The molecule has 0 radical (unpaired) electrons. The predicted molar refractivity (Wildman–Crippen MR) is 95.2 cm³/mol. The maximum Gasteiger partial charge on any atom is 0.235 e. The molecule has 26 heavy (non-hydrogen) atoms. The Kier molecular flexibility index (Phi) is 3.51. The van der Waals surface area contributed by atoms with Crippen LogP contribution in [0.25, 0.3) is 0 Å². The first kappa shape index (κ1) is 15.5. The molecule has 1 aromatic carbocycles. The molecule has 1 saturated carbocycles. The minimum atomic E-state index is -0.259. The summed E-state index contributed by atoms with van der Waals surface area (Å²) in [5.41, 5.74) is 2.06. The number of carbonyl (C=O) groups excluding carboxylic acids is 2. The van der Waals surface area contributed by atoms with Crippen molar-refractivity contribution in [1.82, 2.24) is 14.9 Å². The van der Waals surface area contributed by atoms with Gasteiger partial charge < -0.3 is 4.90 Å². The number of anilines is 1. The monoisotopic (exact) mass is 348 g/mol. The van der Waals surface area contributed by atoms with Crippen molar-refractivity contribution >= 4 is 17.6 Å². The average Bonchev–Trinajstić information content (AvgIpc) is 3.40. The molecular formula is C20H20N4O2. The number of carbonyl (C=O) groups is 2. The Morgan fingerprint density at radius 1 is 0.962 bits per heavy atom. The molecule has 2 amide bonds. The number of imide groups is 1. The molecule has 5 rings (SSSR count). The molecule has 3 fully saturated rings. The standard InChI is InChI=1S/C20H20N4O2/c25-19-15-10-23(18-8-17(14-6-7-14)21-12-22-18)11-16(15)20(26)24(19)9-13-4-2-1-3-5-13/h1-5,8,12,14-16H,6-7,9-11H2. The van der Waals surface area contributed by atoms with E-state index in [0.29, 0.717) is 25.6 Å². The number of nitrogens with zero attached hydrogens (tertiary/aromatic N) is 4. The molecular weight excluding hydrogens is 328 g/mol. The number of fused-ring (bicyclic) bond motifs is 1. The highest BCUT2D eigenvalue weighted by atomic mass is 16.2. The lowest BCUT2D eigenvalue weighted by molar-refractivity contribution is -0.140. The van der Waals surface area contributed by atoms with Crippen LogP contribution in [0.3, 0.4) is 0 Å². The van der Waals surface area contributed by atoms with Gasteiger partial charge in [-0.15, -0.1) is 0 Å². The molecule has 2 saturated heterocycles. The zero-order chi connectivity index (χ0) is 17.7. The molecule has 0 N–H and O–H groups in total. The quantitative estimate of drug-likeness (QED) is 0.791. The third-order valence-electron chi connectivity index (χ3n) is 5.66. The van der Waals surface area contributed by atoms with Gasteiger partial charge in [0.15, 0.2) is 0 Å². The van der Waals surface area contributed by atoms with Crippen LogP contribution in [0.1, 0.15) is 30.0 Å². The van der Waals surface area contributed by atoms with E-state index in [1.807, 2.05) is 36.4 Å². The SMILES string of the molecule is O=C1C2CN(c3cc(C4CC4)ncn3)CC2C(=O)N1Cc1ccccc1. The molecule has 6 heteroatoms. The van der Waals surface area contributed by atoms with Crippen LogP contribution in [0.2, 0.25) is 0 Å². The van der Waals surface area contributed by atoms with Crippen molar-refractivity contribution in [2.45, 2.75) is 25.3 Å². The molecule has 6 nitrogen and oxygen atoms in total. The molecule has 3 aliphatic rings. The molecule has 3 heterocycles. The number of benzene rings is 1. The second-order valence-corrected chi connectivity index (χ2v) is 7.44. The number of aromatic nitrogens is 2. The Bertz CT molecular complexity index is 841. The molecule has 2 unspecified atom stereocenters. The van der Waals surface area contributed by atoms with Gasteiger partial charge in [-0.25, -0.2) is 9.97 Å². The first-order chi connectivity index (χ1) is 12.7. The Labute approximate surface area is 151 Å². The van der Waals surface area contributed by atoms with E-state index in [9.17, 15) is 9.59 Å². The lowest BCUT2D eigenvalue weighted by Gasteiger charge is -2.21. The van der Waals surface area contributed by atoms with Gasteiger partial charge in [-0.2, -0.15) is 0 Å². The van der Waals surface area contributed by atoms with Crippen LogP contribution in [-0.2, 0) is 16.1 Å². The summed E-state index contributed by atoms with van der Waals surface area (Å²) in [6.45, 7) is 1.48. The Morgan fingerprint density at radius 2 is 1.65 bits per heavy atom. The molecule has 132 valence electrons. The van der Waals surface area contributed by atoms with Crippen molar-refractivity contribution in [3.8, 4) is 0 Å². The van der Waals surface area contributed by atoms with Crippen LogP contribution in [0, 0.1) is 11.8 Å². The topological polar surface area (TPSA) is 66.4 Å². The summed E-state index contributed by atoms with van der Waals surface area (Å²) in [6, 6.07) is 11.7. The van der Waals surface area contributed by atoms with Crippen molar-refractivity contribution in [3.05, 3.63) is 54.0 Å². The number of likely N-dealkylation sites (tertiary alicyclic amines) is 1. The molecule has 1 aliphatic carbocycles. The maximum absolute atomic E-state index is 12.8. The van der Waals surface area contributed by atoms with E-state index in [1.54, 1.807) is 6.33 Å². The minimum Gasteiger partial charge on any atom is -0.355 e. The van der Waals surface area contributed by atoms with E-state index in [-0.39, 0.29) is 23.7 Å². The van der Waals surface area contributed by atoms with Crippen LogP contribution < -0.4 is 4.90 Å². The van der Waals surface area contributed by atoms with Gasteiger partial charge in [0.2, 0.25) is 11.8 Å². The Morgan fingerprint density at radius 3 is 2.31 bits per heavy atom. The smallest absolute Gasteiger partial charge is 0.235 e. The van der Waals surface area contributed by atoms with Crippen LogP contribution in [0.15, 0.2) is 42.7 Å². The zero-order valence-corrected chi connectivity index (χ0v) is 14.4. The summed E-state index contributed by atoms with van der Waals surface area (Å²) < 4.78 is 0. The van der Waals surface area contributed by atoms with Crippen LogP contribution in [-0.4, -0.2) is 39.8 Å². The van der Waals surface area contributed by atoms with E-state index < -0.39 is 0 Å². The Hall–Kier alpha value is -2.76. The summed E-state index contributed by atoms with van der Waals surface area (Å²) >= 11 is 0. The van der Waals surface area contributed by atoms with Gasteiger partial charge in [0.25, 0.3) is 0 Å². The third-order valence-corrected chi connectivity index (χ3v) is 5.66. The fourth-order valence-corrected chi connectivity index (χ4v) is 4.06. The second kappa shape index (κ2) is 5.90. The van der Waals surface area contributed by atoms with E-state index in [1.165, 1.54) is 17.7 Å². The maximum atomic E-state index is 12.8. The Balaban J connectivity index is 1.33. The van der Waals surface area contributed by atoms with Gasteiger partial charge in [-0.3, -0.25) is 14.5 Å². The zero-order valence-electron chi connectivity index (χ0n) is 14.4. The van der Waals surface area contributed by atoms with Gasteiger partial charge in [-0.1, -0.05) is 30.3 Å². The fourth-order valence-electron chi connectivity index (χ4n) is 4.06. The molecule has 0 bridgehead atoms. The van der Waals surface area contributed by atoms with Crippen molar-refractivity contribution in [1.29, 1.82) is 0 Å². The minimum absolute atomic E-state index is 0.0529. The normalized spacial score (nSPS) is 25.1. The number of hydrogen-bond acceptors (Lipinski definition) is 5. The van der Waals surface area contributed by atoms with Gasteiger partial charge in [0.05, 0.1) is 18.4 Å².